The lowest BCUT2D eigenvalue weighted by Crippen LogP contribution is -2.09. The van der Waals surface area contributed by atoms with Gasteiger partial charge in [0.15, 0.2) is 0 Å². The average molecular weight is 386 g/mol. The monoisotopic (exact) mass is 386 g/mol. The zero-order chi connectivity index (χ0) is 20.2. The second kappa shape index (κ2) is 8.10. The normalized spacial score (nSPS) is 11.8. The molecule has 1 atom stereocenters. The first-order valence-electron chi connectivity index (χ1n) is 9.29. The van der Waals surface area contributed by atoms with Crippen molar-refractivity contribution in [2.45, 2.75) is 13.0 Å². The highest BCUT2D eigenvalue weighted by Gasteiger charge is 2.22. The van der Waals surface area contributed by atoms with E-state index < -0.39 is 12.1 Å². The first kappa shape index (κ1) is 18.6. The Morgan fingerprint density at radius 2 is 1.55 bits per heavy atom. The van der Waals surface area contributed by atoms with Crippen molar-refractivity contribution in [3.63, 3.8) is 0 Å². The molecule has 0 spiro atoms. The quantitative estimate of drug-likeness (QED) is 0.420. The summed E-state index contributed by atoms with van der Waals surface area (Å²) in [6, 6.07) is 25.0. The Morgan fingerprint density at radius 1 is 0.931 bits per heavy atom. The maximum atomic E-state index is 13.2. The van der Waals surface area contributed by atoms with Crippen molar-refractivity contribution >= 4 is 5.97 Å². The summed E-state index contributed by atoms with van der Waals surface area (Å²) in [5, 5.41) is 4.63. The minimum atomic E-state index is -0.521. The highest BCUT2D eigenvalue weighted by molar-refractivity contribution is 5.96. The van der Waals surface area contributed by atoms with Gasteiger partial charge >= 0.3 is 5.97 Å². The lowest BCUT2D eigenvalue weighted by atomic mass is 10.1. The molecule has 3 aromatic carbocycles. The molecule has 0 saturated carbocycles. The summed E-state index contributed by atoms with van der Waals surface area (Å²) in [5.74, 6) is -0.814. The van der Waals surface area contributed by atoms with Crippen LogP contribution >= 0.6 is 0 Å². The zero-order valence-corrected chi connectivity index (χ0v) is 15.8. The maximum absolute atomic E-state index is 13.2. The Bertz CT molecular complexity index is 1110. The highest BCUT2D eigenvalue weighted by atomic mass is 19.1. The van der Waals surface area contributed by atoms with Gasteiger partial charge in [0.25, 0.3) is 0 Å². The first-order chi connectivity index (χ1) is 14.1. The van der Waals surface area contributed by atoms with E-state index in [9.17, 15) is 9.18 Å². The number of esters is 1. The van der Waals surface area contributed by atoms with Crippen molar-refractivity contribution in [1.82, 2.24) is 9.78 Å². The summed E-state index contributed by atoms with van der Waals surface area (Å²) < 4.78 is 20.5. The molecule has 0 unspecified atom stereocenters. The molecule has 1 aromatic heterocycles. The standard InChI is InChI=1S/C24H19FN2O2/c1-17(18-12-14-20(25)15-13-18)29-24(28)22-16-27(21-10-6-3-7-11-21)26-23(22)19-8-4-2-5-9-19/h2-17H,1H3/t17-/m0/s1. The van der Waals surface area contributed by atoms with Crippen molar-refractivity contribution in [3.8, 4) is 16.9 Å². The topological polar surface area (TPSA) is 44.1 Å². The summed E-state index contributed by atoms with van der Waals surface area (Å²) >= 11 is 0. The van der Waals surface area contributed by atoms with Gasteiger partial charge in [-0.1, -0.05) is 60.7 Å². The number of nitrogens with zero attached hydrogens (tertiary/aromatic N) is 2. The van der Waals surface area contributed by atoms with Gasteiger partial charge in [0.2, 0.25) is 0 Å². The number of hydrogen-bond donors (Lipinski definition) is 0. The summed E-state index contributed by atoms with van der Waals surface area (Å²) in [6.45, 7) is 1.76. The van der Waals surface area contributed by atoms with E-state index in [4.69, 9.17) is 4.74 Å². The fourth-order valence-corrected chi connectivity index (χ4v) is 3.07. The van der Waals surface area contributed by atoms with Crippen LogP contribution in [0.4, 0.5) is 4.39 Å². The van der Waals surface area contributed by atoms with Crippen molar-refractivity contribution in [1.29, 1.82) is 0 Å². The first-order valence-corrected chi connectivity index (χ1v) is 9.29. The van der Waals surface area contributed by atoms with Gasteiger partial charge in [-0.25, -0.2) is 13.9 Å². The van der Waals surface area contributed by atoms with Gasteiger partial charge in [0, 0.05) is 11.8 Å². The molecule has 1 heterocycles. The van der Waals surface area contributed by atoms with Crippen LogP contribution in [0, 0.1) is 5.82 Å². The van der Waals surface area contributed by atoms with Crippen LogP contribution < -0.4 is 0 Å². The number of carbonyl (C=O) groups is 1. The Hall–Kier alpha value is -3.73. The van der Waals surface area contributed by atoms with Crippen molar-refractivity contribution < 1.29 is 13.9 Å². The molecule has 4 aromatic rings. The number of aromatic nitrogens is 2. The van der Waals surface area contributed by atoms with Gasteiger partial charge < -0.3 is 4.74 Å². The van der Waals surface area contributed by atoms with Crippen LogP contribution in [0.5, 0.6) is 0 Å². The molecule has 0 fully saturated rings. The molecule has 4 nitrogen and oxygen atoms in total. The second-order valence-corrected chi connectivity index (χ2v) is 6.64. The van der Waals surface area contributed by atoms with Crippen molar-refractivity contribution in [2.24, 2.45) is 0 Å². The molecule has 0 aliphatic carbocycles. The number of carbonyl (C=O) groups excluding carboxylic acids is 1. The largest absolute Gasteiger partial charge is 0.454 e. The number of para-hydroxylation sites is 1. The summed E-state index contributed by atoms with van der Waals surface area (Å²) in [5.41, 5.74) is 3.30. The molecular weight excluding hydrogens is 367 g/mol. The molecule has 0 aliphatic heterocycles. The maximum Gasteiger partial charge on any atom is 0.342 e. The lowest BCUT2D eigenvalue weighted by Gasteiger charge is -2.13. The molecule has 0 N–H and O–H groups in total. The van der Waals surface area contributed by atoms with Crippen molar-refractivity contribution in [3.05, 3.63) is 108 Å². The Labute approximate surface area is 168 Å². The number of benzene rings is 3. The Balaban J connectivity index is 1.68. The highest BCUT2D eigenvalue weighted by Crippen LogP contribution is 2.26. The predicted octanol–water partition coefficient (Wildman–Crippen LogP) is 5.60. The fraction of sp³-hybridized carbons (Fsp3) is 0.0833. The summed E-state index contributed by atoms with van der Waals surface area (Å²) in [6.07, 6.45) is 1.16. The molecule has 0 amide bonds. The molecule has 0 radical (unpaired) electrons. The van der Waals surface area contributed by atoms with E-state index in [1.165, 1.54) is 12.1 Å². The van der Waals surface area contributed by atoms with Crippen LogP contribution in [0.25, 0.3) is 16.9 Å². The van der Waals surface area contributed by atoms with Crippen LogP contribution in [-0.2, 0) is 4.74 Å². The minimum absolute atomic E-state index is 0.331. The third-order valence-electron chi connectivity index (χ3n) is 4.63. The average Bonchev–Trinajstić information content (AvgIpc) is 3.21. The molecule has 5 heteroatoms. The number of hydrogen-bond acceptors (Lipinski definition) is 3. The van der Waals surface area contributed by atoms with Gasteiger partial charge in [0.1, 0.15) is 23.2 Å². The molecule has 4 rings (SSSR count). The summed E-state index contributed by atoms with van der Waals surface area (Å²) in [7, 11) is 0. The molecule has 144 valence electrons. The number of ether oxygens (including phenoxy) is 1. The minimum Gasteiger partial charge on any atom is -0.454 e. The van der Waals surface area contributed by atoms with E-state index in [0.717, 1.165) is 16.8 Å². The molecule has 29 heavy (non-hydrogen) atoms. The summed E-state index contributed by atoms with van der Waals surface area (Å²) in [4.78, 5) is 13.0. The molecule has 0 saturated heterocycles. The Kier molecular flexibility index (Phi) is 5.20. The second-order valence-electron chi connectivity index (χ2n) is 6.64. The Morgan fingerprint density at radius 3 is 2.21 bits per heavy atom. The van der Waals surface area contributed by atoms with E-state index in [1.54, 1.807) is 29.9 Å². The third kappa shape index (κ3) is 4.09. The lowest BCUT2D eigenvalue weighted by molar-refractivity contribution is 0.0338. The van der Waals surface area contributed by atoms with Crippen molar-refractivity contribution in [2.75, 3.05) is 0 Å². The van der Waals surface area contributed by atoms with Gasteiger partial charge in [-0.15, -0.1) is 0 Å². The van der Waals surface area contributed by atoms with Crippen LogP contribution in [0.15, 0.2) is 91.1 Å². The van der Waals surface area contributed by atoms with Crippen LogP contribution in [0.1, 0.15) is 28.9 Å². The van der Waals surface area contributed by atoms with Gasteiger partial charge in [0.05, 0.1) is 5.69 Å². The van der Waals surface area contributed by atoms with Gasteiger partial charge in [-0.2, -0.15) is 5.10 Å². The van der Waals surface area contributed by atoms with E-state index in [0.29, 0.717) is 11.3 Å². The molecule has 0 aliphatic rings. The van der Waals surface area contributed by atoms with Crippen LogP contribution in [-0.4, -0.2) is 15.7 Å². The van der Waals surface area contributed by atoms with Gasteiger partial charge in [-0.05, 0) is 36.8 Å². The molecular formula is C24H19FN2O2. The fourth-order valence-electron chi connectivity index (χ4n) is 3.07. The van der Waals surface area contributed by atoms with E-state index in [1.807, 2.05) is 60.7 Å². The number of rotatable bonds is 5. The van der Waals surface area contributed by atoms with E-state index in [-0.39, 0.29) is 5.82 Å². The predicted molar refractivity (Wildman–Crippen MR) is 109 cm³/mol. The SMILES string of the molecule is C[C@H](OC(=O)c1cn(-c2ccccc2)nc1-c1ccccc1)c1ccc(F)cc1. The van der Waals surface area contributed by atoms with E-state index in [2.05, 4.69) is 5.10 Å². The van der Waals surface area contributed by atoms with E-state index >= 15 is 0 Å². The van der Waals surface area contributed by atoms with Crippen LogP contribution in [0.2, 0.25) is 0 Å². The molecule has 0 bridgehead atoms. The van der Waals surface area contributed by atoms with Gasteiger partial charge in [-0.3, -0.25) is 0 Å². The smallest absolute Gasteiger partial charge is 0.342 e. The third-order valence-corrected chi connectivity index (χ3v) is 4.63. The van der Waals surface area contributed by atoms with Crippen LogP contribution in [0.3, 0.4) is 0 Å². The zero-order valence-electron chi connectivity index (χ0n) is 15.8. The number of halogens is 1.